The molecule has 7 heteroatoms. The van der Waals surface area contributed by atoms with Gasteiger partial charge in [0.05, 0.1) is 5.60 Å². The molecule has 2 aliphatic rings. The van der Waals surface area contributed by atoms with Gasteiger partial charge in [0, 0.05) is 30.2 Å². The standard InChI is InChI=1S/C21H22ClN3O3/c22-15-4-5-16-17(11-15)21(28-18(16)20(24)27)6-8-25(9-7-21)12-13-2-1-3-14(10-13)19(23)26/h1-5,10-11,18H,6-9,12H2,(H2,23,26)(H2,24,27). The SMILES string of the molecule is NC(=O)c1cccc(CN2CCC3(CC2)OC(C(N)=O)c2ccc(Cl)cc23)c1. The largest absolute Gasteiger partial charge is 0.367 e. The van der Waals surface area contributed by atoms with Gasteiger partial charge in [-0.1, -0.05) is 29.8 Å². The van der Waals surface area contributed by atoms with Crippen molar-refractivity contribution >= 4 is 23.4 Å². The Morgan fingerprint density at radius 1 is 1.14 bits per heavy atom. The highest BCUT2D eigenvalue weighted by Gasteiger charge is 2.48. The number of halogens is 1. The van der Waals surface area contributed by atoms with Gasteiger partial charge in [0.25, 0.3) is 5.91 Å². The molecule has 1 fully saturated rings. The van der Waals surface area contributed by atoms with Gasteiger partial charge in [-0.3, -0.25) is 14.5 Å². The second-order valence-corrected chi connectivity index (χ2v) is 7.90. The van der Waals surface area contributed by atoms with Crippen molar-refractivity contribution in [3.63, 3.8) is 0 Å². The van der Waals surface area contributed by atoms with Gasteiger partial charge >= 0.3 is 0 Å². The summed E-state index contributed by atoms with van der Waals surface area (Å²) in [6.07, 6.45) is 0.741. The summed E-state index contributed by atoms with van der Waals surface area (Å²) in [5.41, 5.74) is 13.7. The molecular weight excluding hydrogens is 378 g/mol. The first-order chi connectivity index (χ1) is 13.4. The topological polar surface area (TPSA) is 98.7 Å². The van der Waals surface area contributed by atoms with Crippen molar-refractivity contribution in [3.8, 4) is 0 Å². The summed E-state index contributed by atoms with van der Waals surface area (Å²) in [7, 11) is 0. The molecule has 0 aromatic heterocycles. The van der Waals surface area contributed by atoms with Crippen LogP contribution in [0.3, 0.4) is 0 Å². The van der Waals surface area contributed by atoms with Crippen molar-refractivity contribution in [1.29, 1.82) is 0 Å². The fourth-order valence-electron chi connectivity index (χ4n) is 4.26. The van der Waals surface area contributed by atoms with E-state index in [9.17, 15) is 9.59 Å². The van der Waals surface area contributed by atoms with E-state index >= 15 is 0 Å². The number of piperidine rings is 1. The molecule has 4 rings (SSSR count). The number of carbonyl (C=O) groups is 2. The Morgan fingerprint density at radius 3 is 2.57 bits per heavy atom. The van der Waals surface area contributed by atoms with Crippen molar-refractivity contribution in [2.45, 2.75) is 31.1 Å². The summed E-state index contributed by atoms with van der Waals surface area (Å²) in [5, 5.41) is 0.623. The number of nitrogens with two attached hydrogens (primary N) is 2. The lowest BCUT2D eigenvalue weighted by atomic mass is 9.83. The number of ether oxygens (including phenoxy) is 1. The van der Waals surface area contributed by atoms with Crippen LogP contribution in [0.2, 0.25) is 5.02 Å². The molecule has 1 spiro atoms. The van der Waals surface area contributed by atoms with Gasteiger partial charge in [-0.2, -0.15) is 0 Å². The van der Waals surface area contributed by atoms with E-state index < -0.39 is 23.5 Å². The fraction of sp³-hybridized carbons (Fsp3) is 0.333. The molecule has 2 amide bonds. The predicted molar refractivity (Wildman–Crippen MR) is 106 cm³/mol. The number of hydrogen-bond donors (Lipinski definition) is 2. The molecule has 0 radical (unpaired) electrons. The monoisotopic (exact) mass is 399 g/mol. The number of benzene rings is 2. The quantitative estimate of drug-likeness (QED) is 0.825. The van der Waals surface area contributed by atoms with Gasteiger partial charge in [0.2, 0.25) is 5.91 Å². The molecule has 1 atom stereocenters. The Morgan fingerprint density at radius 2 is 1.89 bits per heavy atom. The highest BCUT2D eigenvalue weighted by Crippen LogP contribution is 2.50. The minimum atomic E-state index is -0.730. The van der Waals surface area contributed by atoms with E-state index in [1.807, 2.05) is 30.3 Å². The molecule has 0 bridgehead atoms. The molecule has 1 unspecified atom stereocenters. The molecule has 0 aliphatic carbocycles. The summed E-state index contributed by atoms with van der Waals surface area (Å²) in [6.45, 7) is 2.30. The maximum absolute atomic E-state index is 11.9. The number of fused-ring (bicyclic) bond motifs is 2. The van der Waals surface area contributed by atoms with Crippen LogP contribution in [0.1, 0.15) is 46.0 Å². The zero-order valence-corrected chi connectivity index (χ0v) is 16.1. The molecule has 1 saturated heterocycles. The Kier molecular flexibility index (Phi) is 4.87. The van der Waals surface area contributed by atoms with Gasteiger partial charge in [-0.15, -0.1) is 0 Å². The van der Waals surface area contributed by atoms with E-state index in [1.54, 1.807) is 12.1 Å². The molecule has 2 aromatic rings. The molecule has 2 aliphatic heterocycles. The summed E-state index contributed by atoms with van der Waals surface area (Å²) < 4.78 is 6.20. The predicted octanol–water partition coefficient (Wildman–Crippen LogP) is 2.49. The van der Waals surface area contributed by atoms with Crippen LogP contribution in [0.4, 0.5) is 0 Å². The second kappa shape index (κ2) is 7.20. The minimum absolute atomic E-state index is 0.426. The van der Waals surface area contributed by atoms with Crippen LogP contribution in [0.15, 0.2) is 42.5 Å². The summed E-state index contributed by atoms with van der Waals surface area (Å²) in [4.78, 5) is 25.6. The lowest BCUT2D eigenvalue weighted by molar-refractivity contribution is -0.148. The van der Waals surface area contributed by atoms with Crippen molar-refractivity contribution < 1.29 is 14.3 Å². The Bertz CT molecular complexity index is 938. The van der Waals surface area contributed by atoms with Gasteiger partial charge in [-0.25, -0.2) is 0 Å². The summed E-state index contributed by atoms with van der Waals surface area (Å²) in [5.74, 6) is -0.907. The molecule has 6 nitrogen and oxygen atoms in total. The first-order valence-electron chi connectivity index (χ1n) is 9.26. The van der Waals surface area contributed by atoms with Crippen LogP contribution in [0.25, 0.3) is 0 Å². The number of nitrogens with zero attached hydrogens (tertiary/aromatic N) is 1. The highest BCUT2D eigenvalue weighted by molar-refractivity contribution is 6.30. The number of likely N-dealkylation sites (tertiary alicyclic amines) is 1. The molecule has 146 valence electrons. The van der Waals surface area contributed by atoms with Crippen LogP contribution in [-0.2, 0) is 21.7 Å². The van der Waals surface area contributed by atoms with E-state index in [0.717, 1.165) is 49.2 Å². The molecule has 2 aromatic carbocycles. The maximum Gasteiger partial charge on any atom is 0.251 e. The number of primary amides is 2. The first-order valence-corrected chi connectivity index (χ1v) is 9.64. The lowest BCUT2D eigenvalue weighted by Crippen LogP contribution is -2.42. The minimum Gasteiger partial charge on any atom is -0.367 e. The van der Waals surface area contributed by atoms with Gasteiger partial charge in [0.15, 0.2) is 6.10 Å². The van der Waals surface area contributed by atoms with E-state index in [0.29, 0.717) is 10.6 Å². The van der Waals surface area contributed by atoms with E-state index in [4.69, 9.17) is 27.8 Å². The number of hydrogen-bond acceptors (Lipinski definition) is 4. The number of carbonyl (C=O) groups excluding carboxylic acids is 2. The van der Waals surface area contributed by atoms with Gasteiger partial charge in [-0.05, 0) is 53.8 Å². The van der Waals surface area contributed by atoms with E-state index in [-0.39, 0.29) is 0 Å². The van der Waals surface area contributed by atoms with E-state index in [1.165, 1.54) is 0 Å². The van der Waals surface area contributed by atoms with Crippen LogP contribution in [-0.4, -0.2) is 29.8 Å². The summed E-state index contributed by atoms with van der Waals surface area (Å²) >= 11 is 6.21. The Hall–Kier alpha value is -2.41. The average Bonchev–Trinajstić information content (AvgIpc) is 2.98. The first kappa shape index (κ1) is 18.9. The molecule has 28 heavy (non-hydrogen) atoms. The fourth-order valence-corrected chi connectivity index (χ4v) is 4.43. The Balaban J connectivity index is 1.51. The van der Waals surface area contributed by atoms with Crippen LogP contribution in [0.5, 0.6) is 0 Å². The average molecular weight is 400 g/mol. The van der Waals surface area contributed by atoms with Gasteiger partial charge in [0.1, 0.15) is 0 Å². The molecule has 4 N–H and O–H groups in total. The second-order valence-electron chi connectivity index (χ2n) is 7.47. The molecule has 2 heterocycles. The third-order valence-electron chi connectivity index (χ3n) is 5.67. The van der Waals surface area contributed by atoms with Crippen molar-refractivity contribution in [1.82, 2.24) is 4.90 Å². The van der Waals surface area contributed by atoms with Crippen molar-refractivity contribution in [3.05, 3.63) is 69.7 Å². The molecular formula is C21H22ClN3O3. The van der Waals surface area contributed by atoms with Crippen molar-refractivity contribution in [2.75, 3.05) is 13.1 Å². The smallest absolute Gasteiger partial charge is 0.251 e. The number of amides is 2. The van der Waals surface area contributed by atoms with Crippen molar-refractivity contribution in [2.24, 2.45) is 11.5 Å². The third kappa shape index (κ3) is 3.39. The van der Waals surface area contributed by atoms with Crippen LogP contribution in [0, 0.1) is 0 Å². The lowest BCUT2D eigenvalue weighted by Gasteiger charge is -2.39. The van der Waals surface area contributed by atoms with E-state index in [2.05, 4.69) is 4.90 Å². The summed E-state index contributed by atoms with van der Waals surface area (Å²) in [6, 6.07) is 12.9. The van der Waals surface area contributed by atoms with Crippen LogP contribution < -0.4 is 11.5 Å². The normalized spacial score (nSPS) is 20.8. The van der Waals surface area contributed by atoms with Crippen LogP contribution >= 0.6 is 11.6 Å². The van der Waals surface area contributed by atoms with Gasteiger partial charge < -0.3 is 16.2 Å². The highest BCUT2D eigenvalue weighted by atomic mass is 35.5. The number of rotatable bonds is 4. The maximum atomic E-state index is 11.9. The zero-order valence-electron chi connectivity index (χ0n) is 15.4. The Labute approximate surface area is 168 Å². The zero-order chi connectivity index (χ0) is 19.9. The molecule has 0 saturated carbocycles. The third-order valence-corrected chi connectivity index (χ3v) is 5.91.